The van der Waals surface area contributed by atoms with Crippen LogP contribution in [0.15, 0.2) is 121 Å². The molecule has 2 N–H and O–H groups in total. The molecule has 3 heteroatoms. The van der Waals surface area contributed by atoms with Crippen LogP contribution in [-0.4, -0.2) is 11.9 Å². The van der Waals surface area contributed by atoms with Crippen molar-refractivity contribution in [2.24, 2.45) is 5.73 Å². The predicted octanol–water partition coefficient (Wildman–Crippen LogP) is 5.71. The van der Waals surface area contributed by atoms with E-state index in [9.17, 15) is 0 Å². The van der Waals surface area contributed by atoms with Gasteiger partial charge in [-0.3, -0.25) is 0 Å². The maximum absolute atomic E-state index is 5.92. The van der Waals surface area contributed by atoms with E-state index >= 15 is 0 Å². The Morgan fingerprint density at radius 3 is 1.06 bits per heavy atom. The van der Waals surface area contributed by atoms with E-state index in [0.717, 1.165) is 19.4 Å². The highest BCUT2D eigenvalue weighted by atomic mass is 31.2. The summed E-state index contributed by atoms with van der Waals surface area (Å²) in [5.41, 5.74) is 5.92. The fraction of sp³-hybridized carbons (Fsp3) is 0.172. The molecule has 0 saturated heterocycles. The molecule has 0 fully saturated rings. The van der Waals surface area contributed by atoms with Gasteiger partial charge in [-0.05, 0) is 56.4 Å². The van der Waals surface area contributed by atoms with Crippen LogP contribution in [0.3, 0.4) is 0 Å². The van der Waals surface area contributed by atoms with Gasteiger partial charge >= 0.3 is 0 Å². The van der Waals surface area contributed by atoms with Crippen molar-refractivity contribution in [3.8, 4) is 0 Å². The summed E-state index contributed by atoms with van der Waals surface area (Å²) in [4.78, 5) is 0. The molecule has 162 valence electrons. The van der Waals surface area contributed by atoms with Crippen LogP contribution in [0.4, 0.5) is 0 Å². The molecule has 0 heterocycles. The Hall–Kier alpha value is -2.30. The minimum absolute atomic E-state index is 0.530. The number of hydrogen-bond donors (Lipinski definition) is 1. The SMILES string of the molecule is NCCCCC(P(c1ccccc1)c1ccccc1)P(c1ccccc1)c1ccccc1. The minimum atomic E-state index is -0.530. The molecule has 32 heavy (non-hydrogen) atoms. The van der Waals surface area contributed by atoms with E-state index in [-0.39, 0.29) is 0 Å². The number of rotatable bonds is 10. The molecule has 0 aliphatic carbocycles. The third kappa shape index (κ3) is 5.73. The van der Waals surface area contributed by atoms with Crippen LogP contribution in [0.2, 0.25) is 0 Å². The summed E-state index contributed by atoms with van der Waals surface area (Å²) < 4.78 is 0. The van der Waals surface area contributed by atoms with E-state index in [1.165, 1.54) is 27.6 Å². The molecular weight excluding hydrogens is 424 g/mol. The van der Waals surface area contributed by atoms with Gasteiger partial charge in [-0.2, -0.15) is 0 Å². The molecule has 0 spiro atoms. The summed E-state index contributed by atoms with van der Waals surface area (Å²) in [5.74, 6) is 0. The number of hydrogen-bond acceptors (Lipinski definition) is 1. The second-order valence-corrected chi connectivity index (χ2v) is 13.0. The molecule has 0 aromatic heterocycles. The smallest absolute Gasteiger partial charge is 0.0155 e. The molecule has 0 atom stereocenters. The van der Waals surface area contributed by atoms with Crippen molar-refractivity contribution in [3.63, 3.8) is 0 Å². The lowest BCUT2D eigenvalue weighted by atomic mass is 10.2. The van der Waals surface area contributed by atoms with Crippen molar-refractivity contribution in [3.05, 3.63) is 121 Å². The van der Waals surface area contributed by atoms with Crippen molar-refractivity contribution in [2.75, 3.05) is 6.54 Å². The van der Waals surface area contributed by atoms with Crippen LogP contribution < -0.4 is 27.0 Å². The summed E-state index contributed by atoms with van der Waals surface area (Å²) >= 11 is 0. The maximum Gasteiger partial charge on any atom is 0.0155 e. The molecule has 0 amide bonds. The summed E-state index contributed by atoms with van der Waals surface area (Å²) in [6.45, 7) is 0.760. The van der Waals surface area contributed by atoms with Crippen LogP contribution in [0.1, 0.15) is 19.3 Å². The standard InChI is InChI=1S/C29H31NP2/c30-24-14-13-23-29(31(25-15-5-1-6-16-25)26-17-7-2-8-18-26)32(27-19-9-3-10-20-27)28-21-11-4-12-22-28/h1-12,15-22,29H,13-14,23-24,30H2. The first-order chi connectivity index (χ1) is 15.9. The lowest BCUT2D eigenvalue weighted by Gasteiger charge is -2.36. The second kappa shape index (κ2) is 12.1. The molecule has 0 aliphatic heterocycles. The topological polar surface area (TPSA) is 26.0 Å². The Kier molecular flexibility index (Phi) is 8.63. The first-order valence-corrected chi connectivity index (χ1v) is 14.2. The Bertz CT molecular complexity index is 878. The quantitative estimate of drug-likeness (QED) is 0.241. The molecule has 0 aliphatic rings. The summed E-state index contributed by atoms with van der Waals surface area (Å²) in [6, 6.07) is 44.7. The zero-order valence-corrected chi connectivity index (χ0v) is 20.2. The highest BCUT2D eigenvalue weighted by Crippen LogP contribution is 2.58. The van der Waals surface area contributed by atoms with E-state index in [2.05, 4.69) is 121 Å². The predicted molar refractivity (Wildman–Crippen MR) is 145 cm³/mol. The van der Waals surface area contributed by atoms with Gasteiger partial charge in [0.25, 0.3) is 0 Å². The summed E-state index contributed by atoms with van der Waals surface area (Å²) in [7, 11) is -1.06. The van der Waals surface area contributed by atoms with Crippen molar-refractivity contribution >= 4 is 37.1 Å². The van der Waals surface area contributed by atoms with Gasteiger partial charge in [0.2, 0.25) is 0 Å². The molecule has 0 radical (unpaired) electrons. The Morgan fingerprint density at radius 1 is 0.469 bits per heavy atom. The van der Waals surface area contributed by atoms with Crippen LogP contribution in [0.25, 0.3) is 0 Å². The second-order valence-electron chi connectivity index (χ2n) is 7.85. The van der Waals surface area contributed by atoms with Crippen LogP contribution in [0.5, 0.6) is 0 Å². The van der Waals surface area contributed by atoms with E-state index in [4.69, 9.17) is 5.73 Å². The monoisotopic (exact) mass is 455 g/mol. The average molecular weight is 456 g/mol. The highest BCUT2D eigenvalue weighted by molar-refractivity contribution is 7.89. The number of unbranched alkanes of at least 4 members (excludes halogenated alkanes) is 1. The Balaban J connectivity index is 1.88. The fourth-order valence-electron chi connectivity index (χ4n) is 4.19. The van der Waals surface area contributed by atoms with Gasteiger partial charge in [-0.25, -0.2) is 0 Å². The number of nitrogens with two attached hydrogens (primary N) is 1. The van der Waals surface area contributed by atoms with Gasteiger partial charge in [0.1, 0.15) is 0 Å². The van der Waals surface area contributed by atoms with Crippen molar-refractivity contribution in [1.82, 2.24) is 0 Å². The molecule has 0 saturated carbocycles. The first kappa shape index (κ1) is 22.9. The summed E-state index contributed by atoms with van der Waals surface area (Å²) in [5, 5.41) is 6.40. The normalized spacial score (nSPS) is 11.4. The van der Waals surface area contributed by atoms with Crippen molar-refractivity contribution in [2.45, 2.75) is 24.7 Å². The maximum atomic E-state index is 5.92. The van der Waals surface area contributed by atoms with E-state index in [1.807, 2.05) is 0 Å². The minimum Gasteiger partial charge on any atom is -0.330 e. The van der Waals surface area contributed by atoms with Crippen molar-refractivity contribution in [1.29, 1.82) is 0 Å². The largest absolute Gasteiger partial charge is 0.330 e. The molecule has 1 nitrogen and oxygen atoms in total. The average Bonchev–Trinajstić information content (AvgIpc) is 2.87. The molecular formula is C29H31NP2. The Morgan fingerprint density at radius 2 is 0.781 bits per heavy atom. The fourth-order valence-corrected chi connectivity index (χ4v) is 11.5. The molecule has 0 bridgehead atoms. The lowest BCUT2D eigenvalue weighted by Crippen LogP contribution is -2.27. The van der Waals surface area contributed by atoms with E-state index < -0.39 is 15.8 Å². The Labute approximate surface area is 195 Å². The zero-order valence-electron chi connectivity index (χ0n) is 18.4. The lowest BCUT2D eigenvalue weighted by molar-refractivity contribution is 0.718. The summed E-state index contributed by atoms with van der Waals surface area (Å²) in [6.07, 6.45) is 3.43. The first-order valence-electron chi connectivity index (χ1n) is 11.4. The molecule has 4 aromatic carbocycles. The molecule has 4 rings (SSSR count). The van der Waals surface area contributed by atoms with Gasteiger partial charge < -0.3 is 5.73 Å². The van der Waals surface area contributed by atoms with Gasteiger partial charge in [-0.15, -0.1) is 0 Å². The molecule has 4 aromatic rings. The van der Waals surface area contributed by atoms with Crippen LogP contribution >= 0.6 is 15.8 Å². The third-order valence-corrected chi connectivity index (χ3v) is 12.2. The highest BCUT2D eigenvalue weighted by Gasteiger charge is 2.33. The third-order valence-electron chi connectivity index (χ3n) is 5.65. The van der Waals surface area contributed by atoms with Gasteiger partial charge in [0.05, 0.1) is 0 Å². The number of benzene rings is 4. The van der Waals surface area contributed by atoms with Gasteiger partial charge in [0, 0.05) is 5.40 Å². The molecule has 0 unspecified atom stereocenters. The van der Waals surface area contributed by atoms with Gasteiger partial charge in [-0.1, -0.05) is 128 Å². The van der Waals surface area contributed by atoms with Gasteiger partial charge in [0.15, 0.2) is 0 Å². The van der Waals surface area contributed by atoms with Crippen LogP contribution in [-0.2, 0) is 0 Å². The zero-order chi connectivity index (χ0) is 22.0. The van der Waals surface area contributed by atoms with E-state index in [0.29, 0.717) is 5.40 Å². The van der Waals surface area contributed by atoms with Crippen molar-refractivity contribution < 1.29 is 0 Å². The van der Waals surface area contributed by atoms with Crippen LogP contribution in [0, 0.1) is 0 Å². The van der Waals surface area contributed by atoms with E-state index in [1.54, 1.807) is 0 Å².